The Morgan fingerprint density at radius 3 is 2.28 bits per heavy atom. The summed E-state index contributed by atoms with van der Waals surface area (Å²) in [7, 11) is 0. The van der Waals surface area contributed by atoms with Crippen molar-refractivity contribution in [1.29, 1.82) is 0 Å². The molecule has 0 bridgehead atoms. The van der Waals surface area contributed by atoms with Gasteiger partial charge in [0.2, 0.25) is 0 Å². The highest BCUT2D eigenvalue weighted by molar-refractivity contribution is 5.97. The van der Waals surface area contributed by atoms with Gasteiger partial charge in [-0.3, -0.25) is 10.1 Å². The number of nitro benzene ring substituents is 1. The molecule has 1 aromatic carbocycles. The van der Waals surface area contributed by atoms with Crippen molar-refractivity contribution in [2.75, 3.05) is 67.2 Å². The Kier molecular flexibility index (Phi) is 5.44. The summed E-state index contributed by atoms with van der Waals surface area (Å²) >= 11 is 0. The number of nitrogens with zero attached hydrogens (tertiary/aromatic N) is 7. The predicted octanol–water partition coefficient (Wildman–Crippen LogP) is 2.40. The minimum absolute atomic E-state index is 0.0442. The van der Waals surface area contributed by atoms with E-state index in [2.05, 4.69) is 35.7 Å². The highest BCUT2D eigenvalue weighted by Crippen LogP contribution is 2.33. The standard InChI is InChI=1S/C22H25N7O3/c1-16-13-19(17-3-2-4-18(29(30)31)22(17)25-16)26-5-7-27(8-6-26)20-14-21(24-15-23-20)28-9-11-32-12-10-28/h2-4,13-15H,5-12H2,1H3. The lowest BCUT2D eigenvalue weighted by molar-refractivity contribution is -0.383. The summed E-state index contributed by atoms with van der Waals surface area (Å²) in [5, 5.41) is 12.3. The third-order valence-corrected chi connectivity index (χ3v) is 6.04. The molecule has 3 aromatic rings. The van der Waals surface area contributed by atoms with Crippen LogP contribution < -0.4 is 14.7 Å². The molecule has 4 heterocycles. The highest BCUT2D eigenvalue weighted by Gasteiger charge is 2.23. The third kappa shape index (κ3) is 3.89. The molecule has 2 aromatic heterocycles. The van der Waals surface area contributed by atoms with E-state index in [4.69, 9.17) is 4.74 Å². The Balaban J connectivity index is 1.36. The lowest BCUT2D eigenvalue weighted by Gasteiger charge is -2.37. The summed E-state index contributed by atoms with van der Waals surface area (Å²) < 4.78 is 5.44. The highest BCUT2D eigenvalue weighted by atomic mass is 16.6. The SMILES string of the molecule is Cc1cc(N2CCN(c3cc(N4CCOCC4)ncn3)CC2)c2cccc([N+](=O)[O-])c2n1. The topological polar surface area (TPSA) is 101 Å². The quantitative estimate of drug-likeness (QED) is 0.452. The Bertz CT molecular complexity index is 1140. The van der Waals surface area contributed by atoms with E-state index in [0.717, 1.165) is 80.9 Å². The Hall–Kier alpha value is -3.53. The van der Waals surface area contributed by atoms with Crippen LogP contribution in [0.15, 0.2) is 36.7 Å². The molecule has 0 aliphatic carbocycles. The van der Waals surface area contributed by atoms with Gasteiger partial charge in [0.05, 0.1) is 18.1 Å². The zero-order valence-electron chi connectivity index (χ0n) is 18.0. The minimum atomic E-state index is -0.363. The van der Waals surface area contributed by atoms with E-state index in [1.54, 1.807) is 12.4 Å². The molecule has 0 amide bonds. The van der Waals surface area contributed by atoms with Gasteiger partial charge in [-0.15, -0.1) is 0 Å². The smallest absolute Gasteiger partial charge is 0.295 e. The summed E-state index contributed by atoms with van der Waals surface area (Å²) in [6.07, 6.45) is 1.63. The largest absolute Gasteiger partial charge is 0.378 e. The lowest BCUT2D eigenvalue weighted by Crippen LogP contribution is -2.47. The molecular formula is C22H25N7O3. The van der Waals surface area contributed by atoms with Crippen molar-refractivity contribution in [1.82, 2.24) is 15.0 Å². The number of benzene rings is 1. The van der Waals surface area contributed by atoms with Crippen molar-refractivity contribution in [3.05, 3.63) is 52.5 Å². The fourth-order valence-electron chi connectivity index (χ4n) is 4.40. The molecule has 2 aliphatic heterocycles. The molecule has 0 unspecified atom stereocenters. The second-order valence-electron chi connectivity index (χ2n) is 8.02. The summed E-state index contributed by atoms with van der Waals surface area (Å²) in [6.45, 7) is 8.18. The third-order valence-electron chi connectivity index (χ3n) is 6.04. The van der Waals surface area contributed by atoms with E-state index in [1.165, 1.54) is 6.07 Å². The Labute approximate surface area is 185 Å². The molecule has 10 nitrogen and oxygen atoms in total. The van der Waals surface area contributed by atoms with Crippen LogP contribution in [0.4, 0.5) is 23.0 Å². The van der Waals surface area contributed by atoms with E-state index < -0.39 is 0 Å². The monoisotopic (exact) mass is 435 g/mol. The first kappa shape index (κ1) is 20.4. The maximum Gasteiger partial charge on any atom is 0.295 e. The van der Waals surface area contributed by atoms with Gasteiger partial charge in [-0.2, -0.15) is 0 Å². The maximum absolute atomic E-state index is 11.5. The van der Waals surface area contributed by atoms with E-state index in [1.807, 2.05) is 19.1 Å². The van der Waals surface area contributed by atoms with Crippen molar-refractivity contribution >= 4 is 33.9 Å². The van der Waals surface area contributed by atoms with Crippen LogP contribution in [0.3, 0.4) is 0 Å². The molecule has 0 saturated carbocycles. The molecule has 0 spiro atoms. The van der Waals surface area contributed by atoms with Gasteiger partial charge >= 0.3 is 0 Å². The number of aryl methyl sites for hydroxylation is 1. The van der Waals surface area contributed by atoms with Gasteiger partial charge in [-0.1, -0.05) is 12.1 Å². The Morgan fingerprint density at radius 1 is 0.938 bits per heavy atom. The van der Waals surface area contributed by atoms with Crippen LogP contribution in [-0.4, -0.2) is 72.4 Å². The van der Waals surface area contributed by atoms with Crippen molar-refractivity contribution in [3.8, 4) is 0 Å². The molecule has 0 atom stereocenters. The Morgan fingerprint density at radius 2 is 1.59 bits per heavy atom. The number of fused-ring (bicyclic) bond motifs is 1. The van der Waals surface area contributed by atoms with E-state index in [0.29, 0.717) is 5.52 Å². The molecule has 0 radical (unpaired) electrons. The zero-order chi connectivity index (χ0) is 22.1. The number of non-ortho nitro benzene ring substituents is 1. The van der Waals surface area contributed by atoms with Crippen molar-refractivity contribution < 1.29 is 9.66 Å². The van der Waals surface area contributed by atoms with E-state index in [-0.39, 0.29) is 10.6 Å². The number of rotatable bonds is 4. The molecular weight excluding hydrogens is 410 g/mol. The molecule has 166 valence electrons. The van der Waals surface area contributed by atoms with Gasteiger partial charge in [0.15, 0.2) is 5.52 Å². The van der Waals surface area contributed by atoms with Gasteiger partial charge in [-0.25, -0.2) is 15.0 Å². The predicted molar refractivity (Wildman–Crippen MR) is 123 cm³/mol. The summed E-state index contributed by atoms with van der Waals surface area (Å²) in [6, 6.07) is 9.22. The van der Waals surface area contributed by atoms with Crippen LogP contribution in [0.25, 0.3) is 10.9 Å². The number of pyridine rings is 1. The zero-order valence-corrected chi connectivity index (χ0v) is 18.0. The van der Waals surface area contributed by atoms with Gasteiger partial charge in [0.1, 0.15) is 18.0 Å². The number of nitro groups is 1. The molecule has 2 fully saturated rings. The minimum Gasteiger partial charge on any atom is -0.378 e. The van der Waals surface area contributed by atoms with E-state index in [9.17, 15) is 10.1 Å². The van der Waals surface area contributed by atoms with Crippen LogP contribution in [0.2, 0.25) is 0 Å². The first-order valence-corrected chi connectivity index (χ1v) is 10.8. The van der Waals surface area contributed by atoms with Crippen molar-refractivity contribution in [3.63, 3.8) is 0 Å². The second-order valence-corrected chi connectivity index (χ2v) is 8.02. The number of anilines is 3. The van der Waals surface area contributed by atoms with Crippen LogP contribution >= 0.6 is 0 Å². The van der Waals surface area contributed by atoms with Crippen molar-refractivity contribution in [2.45, 2.75) is 6.92 Å². The number of hydrogen-bond acceptors (Lipinski definition) is 9. The molecule has 0 N–H and O–H groups in total. The molecule has 5 rings (SSSR count). The summed E-state index contributed by atoms with van der Waals surface area (Å²) in [5.74, 6) is 1.86. The molecule has 32 heavy (non-hydrogen) atoms. The molecule has 2 aliphatic rings. The summed E-state index contributed by atoms with van der Waals surface area (Å²) in [4.78, 5) is 31.3. The van der Waals surface area contributed by atoms with Gasteiger partial charge in [-0.05, 0) is 13.0 Å². The van der Waals surface area contributed by atoms with Gasteiger partial charge in [0, 0.05) is 68.2 Å². The number of piperazine rings is 1. The molecule has 2 saturated heterocycles. The van der Waals surface area contributed by atoms with Crippen LogP contribution in [-0.2, 0) is 4.74 Å². The average molecular weight is 435 g/mol. The number of para-hydroxylation sites is 1. The number of ether oxygens (including phenoxy) is 1. The van der Waals surface area contributed by atoms with Crippen molar-refractivity contribution in [2.24, 2.45) is 0 Å². The maximum atomic E-state index is 11.5. The number of morpholine rings is 1. The van der Waals surface area contributed by atoms with Gasteiger partial charge < -0.3 is 19.4 Å². The van der Waals surface area contributed by atoms with Crippen LogP contribution in [0.5, 0.6) is 0 Å². The number of hydrogen-bond donors (Lipinski definition) is 0. The first-order valence-electron chi connectivity index (χ1n) is 10.8. The fourth-order valence-corrected chi connectivity index (χ4v) is 4.40. The fraction of sp³-hybridized carbons (Fsp3) is 0.409. The first-order chi connectivity index (χ1) is 15.6. The number of aromatic nitrogens is 3. The average Bonchev–Trinajstić information content (AvgIpc) is 2.84. The molecule has 10 heteroatoms. The second kappa shape index (κ2) is 8.54. The summed E-state index contributed by atoms with van der Waals surface area (Å²) in [5.41, 5.74) is 2.26. The lowest BCUT2D eigenvalue weighted by atomic mass is 10.1. The normalized spacial score (nSPS) is 17.1. The van der Waals surface area contributed by atoms with Crippen LogP contribution in [0.1, 0.15) is 5.69 Å². The van der Waals surface area contributed by atoms with Crippen LogP contribution in [0, 0.1) is 17.0 Å². The van der Waals surface area contributed by atoms with E-state index >= 15 is 0 Å². The van der Waals surface area contributed by atoms with Gasteiger partial charge in [0.25, 0.3) is 5.69 Å².